The maximum absolute atomic E-state index is 12.6. The molecule has 0 aliphatic carbocycles. The minimum Gasteiger partial charge on any atom is -0.493 e. The van der Waals surface area contributed by atoms with Crippen LogP contribution in [0.25, 0.3) is 11.4 Å². The quantitative estimate of drug-likeness (QED) is 0.199. The number of aryl methyl sites for hydroxylation is 1. The lowest BCUT2D eigenvalue weighted by Gasteiger charge is -2.31. The van der Waals surface area contributed by atoms with E-state index in [1.807, 2.05) is 39.0 Å². The molecule has 232 valence electrons. The number of benzene rings is 1. The number of carboxylic acids is 2. The molecule has 1 amide bonds. The topological polar surface area (TPSA) is 206 Å². The van der Waals surface area contributed by atoms with Crippen molar-refractivity contribution < 1.29 is 39.5 Å². The number of nitrogens with zero attached hydrogens (tertiary/aromatic N) is 3. The molecule has 6 N–H and O–H groups in total. The van der Waals surface area contributed by atoms with Gasteiger partial charge in [-0.2, -0.15) is 0 Å². The number of hydrogen-bond acceptors (Lipinski definition) is 10. The first kappa shape index (κ1) is 34.4. The van der Waals surface area contributed by atoms with Crippen LogP contribution >= 0.6 is 0 Å². The highest BCUT2D eigenvalue weighted by molar-refractivity contribution is 5.93. The number of rotatable bonds is 12. The summed E-state index contributed by atoms with van der Waals surface area (Å²) in [7, 11) is 2.09. The minimum atomic E-state index is -2.27. The maximum Gasteiger partial charge on any atom is 0.335 e. The largest absolute Gasteiger partial charge is 0.493 e. The summed E-state index contributed by atoms with van der Waals surface area (Å²) in [5.41, 5.74) is 2.70. The fourth-order valence-corrected chi connectivity index (χ4v) is 4.14. The third-order valence-corrected chi connectivity index (χ3v) is 6.54. The van der Waals surface area contributed by atoms with E-state index in [4.69, 9.17) is 30.1 Å². The Kier molecular flexibility index (Phi) is 13.5. The summed E-state index contributed by atoms with van der Waals surface area (Å²) >= 11 is 0. The average molecular weight is 592 g/mol. The molecule has 1 aromatic heterocycles. The van der Waals surface area contributed by atoms with Gasteiger partial charge in [-0.15, -0.1) is 0 Å². The Bertz CT molecular complexity index is 1260. The number of likely N-dealkylation sites (N-methyl/N-ethyl adjacent to an activating group) is 1. The van der Waals surface area contributed by atoms with Gasteiger partial charge in [-0.25, -0.2) is 14.6 Å². The van der Waals surface area contributed by atoms with Crippen molar-refractivity contribution in [3.63, 3.8) is 0 Å². The zero-order chi connectivity index (χ0) is 31.4. The lowest BCUT2D eigenvalue weighted by Crippen LogP contribution is -2.47. The molecule has 0 saturated carbocycles. The molecule has 1 fully saturated rings. The molecular weight excluding hydrogens is 550 g/mol. The van der Waals surface area contributed by atoms with Gasteiger partial charge in [-0.05, 0) is 44.5 Å². The van der Waals surface area contributed by atoms with Crippen LogP contribution in [0, 0.1) is 0 Å². The number of aliphatic hydroxyl groups excluding tert-OH is 2. The highest BCUT2D eigenvalue weighted by Gasteiger charge is 2.29. The molecule has 1 aliphatic heterocycles. The molecule has 0 bridgehead atoms. The molecule has 1 saturated heterocycles. The van der Waals surface area contributed by atoms with E-state index in [1.54, 1.807) is 0 Å². The lowest BCUT2D eigenvalue weighted by molar-refractivity contribution is -0.165. The second-order valence-corrected chi connectivity index (χ2v) is 9.80. The van der Waals surface area contributed by atoms with Crippen LogP contribution in [0.1, 0.15) is 38.4 Å². The zero-order valence-corrected chi connectivity index (χ0v) is 24.4. The van der Waals surface area contributed by atoms with E-state index in [-0.39, 0.29) is 11.5 Å². The predicted octanol–water partition coefficient (Wildman–Crippen LogP) is 0.414. The van der Waals surface area contributed by atoms with E-state index in [9.17, 15) is 19.2 Å². The number of aliphatic carboxylic acids is 2. The molecule has 3 rings (SSSR count). The standard InChI is InChI=1S/C24H35N5O3.C4H6O6/c1-5-14-32-21-9-8-17(25-22(30)16-29-12-10-28(4)11-13-29)15-19(21)23-26-20(7-3)18(6-2)24(31)27-23;5-1(3(7)8)2(6)4(9)10/h8-9,15H,5-7,10-14,16H2,1-4H3,(H,25,30)(H,26,27,31);1-2,5-6H,(H,7,8)(H,9,10). The summed E-state index contributed by atoms with van der Waals surface area (Å²) in [6.07, 6.45) is -2.36. The van der Waals surface area contributed by atoms with E-state index < -0.39 is 24.1 Å². The zero-order valence-electron chi connectivity index (χ0n) is 24.4. The summed E-state index contributed by atoms with van der Waals surface area (Å²) < 4.78 is 5.91. The van der Waals surface area contributed by atoms with Crippen molar-refractivity contribution >= 4 is 23.5 Å². The van der Waals surface area contributed by atoms with Gasteiger partial charge in [0.05, 0.1) is 24.4 Å². The third kappa shape index (κ3) is 9.91. The van der Waals surface area contributed by atoms with Crippen LogP contribution in [0.5, 0.6) is 5.75 Å². The Morgan fingerprint density at radius 1 is 1.02 bits per heavy atom. The fourth-order valence-electron chi connectivity index (χ4n) is 4.14. The number of carbonyl (C=O) groups excluding carboxylic acids is 1. The van der Waals surface area contributed by atoms with E-state index in [0.29, 0.717) is 54.4 Å². The fraction of sp³-hybridized carbons (Fsp3) is 0.536. The predicted molar refractivity (Wildman–Crippen MR) is 155 cm³/mol. The normalized spacial score (nSPS) is 15.2. The number of aromatic amines is 1. The van der Waals surface area contributed by atoms with Crippen LogP contribution < -0.4 is 15.6 Å². The molecule has 1 aromatic carbocycles. The average Bonchev–Trinajstić information content (AvgIpc) is 2.96. The molecule has 14 nitrogen and oxygen atoms in total. The van der Waals surface area contributed by atoms with Crippen molar-refractivity contribution in [1.29, 1.82) is 0 Å². The van der Waals surface area contributed by atoms with Crippen molar-refractivity contribution in [3.05, 3.63) is 39.8 Å². The number of ether oxygens (including phenoxy) is 1. The molecule has 2 unspecified atom stereocenters. The van der Waals surface area contributed by atoms with E-state index >= 15 is 0 Å². The highest BCUT2D eigenvalue weighted by Crippen LogP contribution is 2.31. The monoisotopic (exact) mass is 591 g/mol. The summed E-state index contributed by atoms with van der Waals surface area (Å²) in [4.78, 5) is 56.9. The van der Waals surface area contributed by atoms with Gasteiger partial charge in [-0.1, -0.05) is 20.8 Å². The second-order valence-electron chi connectivity index (χ2n) is 9.80. The Morgan fingerprint density at radius 2 is 1.64 bits per heavy atom. The van der Waals surface area contributed by atoms with Crippen molar-refractivity contribution in [3.8, 4) is 17.1 Å². The van der Waals surface area contributed by atoms with Crippen molar-refractivity contribution in [2.24, 2.45) is 0 Å². The molecule has 42 heavy (non-hydrogen) atoms. The van der Waals surface area contributed by atoms with Crippen LogP contribution in [0.3, 0.4) is 0 Å². The summed E-state index contributed by atoms with van der Waals surface area (Å²) in [6, 6.07) is 5.49. The van der Waals surface area contributed by atoms with Gasteiger partial charge in [-0.3, -0.25) is 14.5 Å². The Morgan fingerprint density at radius 3 is 2.17 bits per heavy atom. The number of anilines is 1. The molecule has 2 aromatic rings. The van der Waals surface area contributed by atoms with Gasteiger partial charge in [0.2, 0.25) is 5.91 Å². The van der Waals surface area contributed by atoms with Gasteiger partial charge in [0, 0.05) is 37.4 Å². The van der Waals surface area contributed by atoms with Gasteiger partial charge < -0.3 is 40.4 Å². The van der Waals surface area contributed by atoms with Gasteiger partial charge in [0.1, 0.15) is 11.6 Å². The molecule has 0 spiro atoms. The summed E-state index contributed by atoms with van der Waals surface area (Å²) in [5.74, 6) is -2.49. The minimum absolute atomic E-state index is 0.0558. The number of aliphatic hydroxyl groups is 2. The first-order valence-corrected chi connectivity index (χ1v) is 13.8. The third-order valence-electron chi connectivity index (χ3n) is 6.54. The first-order chi connectivity index (χ1) is 19.9. The lowest BCUT2D eigenvalue weighted by atomic mass is 10.1. The molecule has 0 radical (unpaired) electrons. The van der Waals surface area contributed by atoms with Crippen LogP contribution in [0.4, 0.5) is 5.69 Å². The van der Waals surface area contributed by atoms with Gasteiger partial charge in [0.25, 0.3) is 5.56 Å². The van der Waals surface area contributed by atoms with E-state index in [1.165, 1.54) is 0 Å². The number of nitrogens with one attached hydrogen (secondary N) is 2. The number of carboxylic acid groups (broad SMARTS) is 2. The van der Waals surface area contributed by atoms with Crippen LogP contribution in [-0.2, 0) is 27.2 Å². The maximum atomic E-state index is 12.6. The van der Waals surface area contributed by atoms with E-state index in [2.05, 4.69) is 27.1 Å². The van der Waals surface area contributed by atoms with Gasteiger partial charge in [0.15, 0.2) is 12.2 Å². The van der Waals surface area contributed by atoms with Crippen molar-refractivity contribution in [2.75, 3.05) is 51.7 Å². The number of H-pyrrole nitrogens is 1. The highest BCUT2D eigenvalue weighted by atomic mass is 16.5. The summed E-state index contributed by atoms with van der Waals surface area (Å²) in [5, 5.41) is 35.5. The smallest absolute Gasteiger partial charge is 0.335 e. The van der Waals surface area contributed by atoms with Crippen LogP contribution in [0.2, 0.25) is 0 Å². The van der Waals surface area contributed by atoms with E-state index in [0.717, 1.165) is 38.3 Å². The van der Waals surface area contributed by atoms with Crippen LogP contribution in [-0.4, -0.2) is 117 Å². The SMILES string of the molecule is CCCOc1ccc(NC(=O)CN2CCN(C)CC2)cc1-c1nc(CC)c(CC)c(=O)[nH]1.O=C(O)C(O)C(O)C(=O)O. The van der Waals surface area contributed by atoms with Crippen molar-refractivity contribution in [2.45, 2.75) is 52.2 Å². The molecule has 2 heterocycles. The first-order valence-electron chi connectivity index (χ1n) is 13.8. The Balaban J connectivity index is 0.000000528. The Hall–Kier alpha value is -3.85. The van der Waals surface area contributed by atoms with Crippen LogP contribution in [0.15, 0.2) is 23.0 Å². The number of aromatic nitrogens is 2. The number of hydrogen-bond donors (Lipinski definition) is 6. The Labute approximate surface area is 244 Å². The number of carbonyl (C=O) groups is 3. The van der Waals surface area contributed by atoms with Gasteiger partial charge >= 0.3 is 11.9 Å². The van der Waals surface area contributed by atoms with Crippen molar-refractivity contribution in [1.82, 2.24) is 19.8 Å². The number of piperazine rings is 1. The second kappa shape index (κ2) is 16.6. The molecule has 14 heteroatoms. The summed E-state index contributed by atoms with van der Waals surface area (Å²) in [6.45, 7) is 10.6. The molecule has 1 aliphatic rings. The number of amides is 1. The molecular formula is C28H41N5O9. The molecule has 2 atom stereocenters.